The lowest BCUT2D eigenvalue weighted by molar-refractivity contribution is 0.754. The zero-order chi connectivity index (χ0) is 14.0. The van der Waals surface area contributed by atoms with E-state index in [1.807, 2.05) is 12.1 Å². The zero-order valence-corrected chi connectivity index (χ0v) is 11.9. The smallest absolute Gasteiger partial charge is 0.265 e. The molecule has 96 valence electrons. The summed E-state index contributed by atoms with van der Waals surface area (Å²) in [6, 6.07) is 9.17. The van der Waals surface area contributed by atoms with Gasteiger partial charge in [-0.15, -0.1) is 0 Å². The van der Waals surface area contributed by atoms with Crippen molar-refractivity contribution in [1.29, 1.82) is 5.26 Å². The predicted octanol–water partition coefficient (Wildman–Crippen LogP) is 2.42. The van der Waals surface area contributed by atoms with Crippen molar-refractivity contribution in [1.82, 2.24) is 4.57 Å². The summed E-state index contributed by atoms with van der Waals surface area (Å²) < 4.78 is 2.04. The molecule has 0 radical (unpaired) electrons. The number of rotatable bonds is 2. The summed E-state index contributed by atoms with van der Waals surface area (Å²) in [6.07, 6.45) is 1.64. The van der Waals surface area contributed by atoms with E-state index in [0.717, 1.165) is 11.1 Å². The molecule has 2 N–H and O–H groups in total. The number of aromatic nitrogens is 1. The molecule has 1 heterocycles. The van der Waals surface area contributed by atoms with Crippen molar-refractivity contribution >= 4 is 21.6 Å². The molecule has 0 aliphatic heterocycles. The van der Waals surface area contributed by atoms with Gasteiger partial charge in [0.25, 0.3) is 5.56 Å². The molecule has 0 fully saturated rings. The SMILES string of the molecule is Cc1c(N)cn(Cc2ccc(C#N)cc2)c(=O)c1Br. The van der Waals surface area contributed by atoms with E-state index < -0.39 is 0 Å². The number of nitrogens with two attached hydrogens (primary N) is 1. The molecule has 2 rings (SSSR count). The number of hydrogen-bond donors (Lipinski definition) is 1. The molecule has 19 heavy (non-hydrogen) atoms. The van der Waals surface area contributed by atoms with E-state index in [1.54, 1.807) is 29.8 Å². The molecule has 0 saturated heterocycles. The number of nitrogen functional groups attached to an aromatic ring is 1. The van der Waals surface area contributed by atoms with Crippen molar-refractivity contribution in [2.75, 3.05) is 5.73 Å². The van der Waals surface area contributed by atoms with Gasteiger partial charge in [-0.1, -0.05) is 12.1 Å². The van der Waals surface area contributed by atoms with Gasteiger partial charge in [-0.2, -0.15) is 5.26 Å². The highest BCUT2D eigenvalue weighted by Gasteiger charge is 2.08. The van der Waals surface area contributed by atoms with Crippen LogP contribution in [0.1, 0.15) is 16.7 Å². The number of halogens is 1. The minimum atomic E-state index is -0.115. The molecule has 0 saturated carbocycles. The van der Waals surface area contributed by atoms with Gasteiger partial charge in [-0.05, 0) is 46.1 Å². The van der Waals surface area contributed by atoms with Gasteiger partial charge >= 0.3 is 0 Å². The average Bonchev–Trinajstić information content (AvgIpc) is 2.43. The van der Waals surface area contributed by atoms with Gasteiger partial charge in [0.1, 0.15) is 0 Å². The Labute approximate surface area is 119 Å². The van der Waals surface area contributed by atoms with Crippen LogP contribution in [0, 0.1) is 18.3 Å². The second-order valence-corrected chi connectivity index (χ2v) is 5.06. The van der Waals surface area contributed by atoms with Crippen LogP contribution < -0.4 is 11.3 Å². The quantitative estimate of drug-likeness (QED) is 0.924. The van der Waals surface area contributed by atoms with Crippen LogP contribution in [0.2, 0.25) is 0 Å². The Balaban J connectivity index is 2.39. The largest absolute Gasteiger partial charge is 0.397 e. The highest BCUT2D eigenvalue weighted by atomic mass is 79.9. The zero-order valence-electron chi connectivity index (χ0n) is 10.4. The molecule has 4 nitrogen and oxygen atoms in total. The summed E-state index contributed by atoms with van der Waals surface area (Å²) in [7, 11) is 0. The maximum atomic E-state index is 12.1. The van der Waals surface area contributed by atoms with E-state index in [9.17, 15) is 4.79 Å². The molecule has 0 amide bonds. The topological polar surface area (TPSA) is 71.8 Å². The number of hydrogen-bond acceptors (Lipinski definition) is 3. The summed E-state index contributed by atoms with van der Waals surface area (Å²) in [5.41, 5.74) is 8.60. The van der Waals surface area contributed by atoms with Crippen LogP contribution in [0.15, 0.2) is 39.7 Å². The van der Waals surface area contributed by atoms with Crippen molar-refractivity contribution in [2.24, 2.45) is 0 Å². The number of pyridine rings is 1. The third kappa shape index (κ3) is 2.69. The number of benzene rings is 1. The van der Waals surface area contributed by atoms with E-state index in [0.29, 0.717) is 22.3 Å². The molecular weight excluding hydrogens is 306 g/mol. The molecule has 5 heteroatoms. The Kier molecular flexibility index (Phi) is 3.72. The maximum Gasteiger partial charge on any atom is 0.265 e. The van der Waals surface area contributed by atoms with Crippen LogP contribution in [0.3, 0.4) is 0 Å². The van der Waals surface area contributed by atoms with Crippen LogP contribution >= 0.6 is 15.9 Å². The average molecular weight is 318 g/mol. The van der Waals surface area contributed by atoms with Crippen LogP contribution in [0.4, 0.5) is 5.69 Å². The van der Waals surface area contributed by atoms with Crippen molar-refractivity contribution in [3.63, 3.8) is 0 Å². The first-order valence-corrected chi connectivity index (χ1v) is 6.46. The second kappa shape index (κ2) is 5.29. The Hall–Kier alpha value is -2.06. The van der Waals surface area contributed by atoms with E-state index in [4.69, 9.17) is 11.0 Å². The Bertz CT molecular complexity index is 711. The Morgan fingerprint density at radius 3 is 2.58 bits per heavy atom. The van der Waals surface area contributed by atoms with E-state index in [2.05, 4.69) is 22.0 Å². The Morgan fingerprint density at radius 1 is 1.37 bits per heavy atom. The number of anilines is 1. The lowest BCUT2D eigenvalue weighted by Gasteiger charge is -2.10. The van der Waals surface area contributed by atoms with E-state index in [1.165, 1.54) is 0 Å². The first-order valence-electron chi connectivity index (χ1n) is 5.67. The summed E-state index contributed by atoms with van der Waals surface area (Å²) >= 11 is 3.26. The van der Waals surface area contributed by atoms with Gasteiger partial charge in [-0.25, -0.2) is 0 Å². The first kappa shape index (κ1) is 13.4. The normalized spacial score (nSPS) is 10.2. The van der Waals surface area contributed by atoms with Crippen LogP contribution in [-0.2, 0) is 6.54 Å². The molecule has 0 aliphatic carbocycles. The minimum Gasteiger partial charge on any atom is -0.397 e. The van der Waals surface area contributed by atoms with Crippen LogP contribution in [-0.4, -0.2) is 4.57 Å². The standard InChI is InChI=1S/C14H12BrN3O/c1-9-12(17)8-18(14(19)13(9)15)7-11-4-2-10(6-16)3-5-11/h2-5,8H,7,17H2,1H3. The molecule has 0 aliphatic rings. The molecule has 1 aromatic heterocycles. The highest BCUT2D eigenvalue weighted by Crippen LogP contribution is 2.17. The summed E-state index contributed by atoms with van der Waals surface area (Å²) in [5, 5.41) is 8.74. The first-order chi connectivity index (χ1) is 9.02. The molecular formula is C14H12BrN3O. The van der Waals surface area contributed by atoms with Crippen molar-refractivity contribution in [2.45, 2.75) is 13.5 Å². The summed E-state index contributed by atoms with van der Waals surface area (Å²) in [4.78, 5) is 12.1. The van der Waals surface area contributed by atoms with Gasteiger partial charge in [0.05, 0.1) is 28.3 Å². The fourth-order valence-corrected chi connectivity index (χ4v) is 2.19. The third-order valence-electron chi connectivity index (χ3n) is 2.94. The van der Waals surface area contributed by atoms with E-state index in [-0.39, 0.29) is 5.56 Å². The molecule has 0 bridgehead atoms. The molecule has 0 spiro atoms. The van der Waals surface area contributed by atoms with Crippen molar-refractivity contribution < 1.29 is 0 Å². The molecule has 0 unspecified atom stereocenters. The third-order valence-corrected chi connectivity index (χ3v) is 3.88. The maximum absolute atomic E-state index is 12.1. The minimum absolute atomic E-state index is 0.115. The predicted molar refractivity (Wildman–Crippen MR) is 77.8 cm³/mol. The van der Waals surface area contributed by atoms with Crippen LogP contribution in [0.5, 0.6) is 0 Å². The summed E-state index contributed by atoms with van der Waals surface area (Å²) in [6.45, 7) is 2.22. The lowest BCUT2D eigenvalue weighted by atomic mass is 10.1. The van der Waals surface area contributed by atoms with Crippen molar-refractivity contribution in [3.8, 4) is 6.07 Å². The van der Waals surface area contributed by atoms with Crippen molar-refractivity contribution in [3.05, 3.63) is 62.0 Å². The monoisotopic (exact) mass is 317 g/mol. The Morgan fingerprint density at radius 2 is 2.00 bits per heavy atom. The van der Waals surface area contributed by atoms with Gasteiger partial charge in [0.15, 0.2) is 0 Å². The van der Waals surface area contributed by atoms with Gasteiger partial charge in [-0.3, -0.25) is 4.79 Å². The second-order valence-electron chi connectivity index (χ2n) is 4.27. The highest BCUT2D eigenvalue weighted by molar-refractivity contribution is 9.10. The molecule has 2 aromatic rings. The fourth-order valence-electron chi connectivity index (χ4n) is 1.74. The van der Waals surface area contributed by atoms with Gasteiger partial charge < -0.3 is 10.3 Å². The van der Waals surface area contributed by atoms with Gasteiger partial charge in [0.2, 0.25) is 0 Å². The molecule has 1 aromatic carbocycles. The summed E-state index contributed by atoms with van der Waals surface area (Å²) in [5.74, 6) is 0. The number of nitriles is 1. The fraction of sp³-hybridized carbons (Fsp3) is 0.143. The van der Waals surface area contributed by atoms with E-state index >= 15 is 0 Å². The lowest BCUT2D eigenvalue weighted by Crippen LogP contribution is -2.22. The van der Waals surface area contributed by atoms with Crippen LogP contribution in [0.25, 0.3) is 0 Å². The van der Waals surface area contributed by atoms with Gasteiger partial charge in [0, 0.05) is 6.20 Å². The number of nitrogens with zero attached hydrogens (tertiary/aromatic N) is 2. The molecule has 0 atom stereocenters.